The molecule has 140 valence electrons. The SMILES string of the molecule is CCC(C)NC(=NCc1ccccc1OC(F)F)NCC(=O)N(C)C. The monoisotopic (exact) mass is 356 g/mol. The number of carbonyl (C=O) groups is 1. The minimum absolute atomic E-state index is 0.0877. The van der Waals surface area contributed by atoms with E-state index in [1.807, 2.05) is 13.8 Å². The summed E-state index contributed by atoms with van der Waals surface area (Å²) in [6, 6.07) is 6.65. The van der Waals surface area contributed by atoms with Crippen molar-refractivity contribution in [2.75, 3.05) is 20.6 Å². The van der Waals surface area contributed by atoms with Gasteiger partial charge in [0.05, 0.1) is 13.1 Å². The molecule has 0 aliphatic heterocycles. The van der Waals surface area contributed by atoms with Crippen molar-refractivity contribution < 1.29 is 18.3 Å². The van der Waals surface area contributed by atoms with Gasteiger partial charge in [0.25, 0.3) is 0 Å². The minimum atomic E-state index is -2.89. The summed E-state index contributed by atoms with van der Waals surface area (Å²) < 4.78 is 29.5. The highest BCUT2D eigenvalue weighted by atomic mass is 19.3. The van der Waals surface area contributed by atoms with Crippen LogP contribution in [0.3, 0.4) is 0 Å². The summed E-state index contributed by atoms with van der Waals surface area (Å²) in [5.74, 6) is 0.435. The summed E-state index contributed by atoms with van der Waals surface area (Å²) in [6.45, 7) is 1.35. The van der Waals surface area contributed by atoms with E-state index in [4.69, 9.17) is 0 Å². The van der Waals surface area contributed by atoms with Crippen LogP contribution >= 0.6 is 0 Å². The van der Waals surface area contributed by atoms with Crippen LogP contribution in [0.15, 0.2) is 29.3 Å². The molecule has 0 fully saturated rings. The Bertz CT molecular complexity index is 580. The van der Waals surface area contributed by atoms with Crippen LogP contribution in [-0.4, -0.2) is 50.1 Å². The van der Waals surface area contributed by atoms with Crippen molar-refractivity contribution in [2.24, 2.45) is 4.99 Å². The number of hydrogen-bond acceptors (Lipinski definition) is 3. The zero-order chi connectivity index (χ0) is 18.8. The molecule has 1 aromatic rings. The van der Waals surface area contributed by atoms with Gasteiger partial charge in [-0.3, -0.25) is 4.79 Å². The molecule has 1 amide bonds. The predicted molar refractivity (Wildman–Crippen MR) is 93.8 cm³/mol. The summed E-state index contributed by atoms with van der Waals surface area (Å²) in [4.78, 5) is 17.6. The third-order valence-electron chi connectivity index (χ3n) is 3.50. The van der Waals surface area contributed by atoms with Gasteiger partial charge in [0.2, 0.25) is 5.91 Å². The molecular weight excluding hydrogens is 330 g/mol. The molecule has 0 aliphatic rings. The highest BCUT2D eigenvalue weighted by Gasteiger charge is 2.11. The molecule has 2 N–H and O–H groups in total. The van der Waals surface area contributed by atoms with Crippen LogP contribution in [0.25, 0.3) is 0 Å². The van der Waals surface area contributed by atoms with E-state index in [-0.39, 0.29) is 30.8 Å². The summed E-state index contributed by atoms with van der Waals surface area (Å²) in [7, 11) is 3.34. The smallest absolute Gasteiger partial charge is 0.387 e. The average molecular weight is 356 g/mol. The summed E-state index contributed by atoms with van der Waals surface area (Å²) in [5.41, 5.74) is 0.534. The Balaban J connectivity index is 2.85. The molecule has 0 saturated heterocycles. The van der Waals surface area contributed by atoms with Crippen molar-refractivity contribution in [1.29, 1.82) is 0 Å². The third kappa shape index (κ3) is 7.82. The van der Waals surface area contributed by atoms with E-state index in [0.29, 0.717) is 11.5 Å². The topological polar surface area (TPSA) is 66.0 Å². The fourth-order valence-corrected chi connectivity index (χ4v) is 1.82. The standard InChI is InChI=1S/C17H26F2N4O2/c1-5-12(2)22-17(21-11-15(24)23(3)4)20-10-13-8-6-7-9-14(13)25-16(18)19/h6-9,12,16H,5,10-11H2,1-4H3,(H2,20,21,22). The molecule has 0 radical (unpaired) electrons. The normalized spacial score (nSPS) is 12.7. The number of aliphatic imine (C=N–C) groups is 1. The number of nitrogens with zero attached hydrogens (tertiary/aromatic N) is 2. The van der Waals surface area contributed by atoms with Crippen molar-refractivity contribution >= 4 is 11.9 Å². The van der Waals surface area contributed by atoms with Gasteiger partial charge < -0.3 is 20.3 Å². The van der Waals surface area contributed by atoms with Crippen LogP contribution in [0.1, 0.15) is 25.8 Å². The number of hydrogen-bond donors (Lipinski definition) is 2. The number of likely N-dealkylation sites (N-methyl/N-ethyl adjacent to an activating group) is 1. The van der Waals surface area contributed by atoms with Crippen molar-refractivity contribution in [3.05, 3.63) is 29.8 Å². The van der Waals surface area contributed by atoms with Gasteiger partial charge in [0.15, 0.2) is 5.96 Å². The first kappa shape index (κ1) is 20.7. The Kier molecular flexibility index (Phi) is 8.66. The zero-order valence-corrected chi connectivity index (χ0v) is 15.1. The Hall–Kier alpha value is -2.38. The van der Waals surface area contributed by atoms with Gasteiger partial charge in [0, 0.05) is 25.7 Å². The Labute approximate surface area is 147 Å². The molecule has 1 unspecified atom stereocenters. The van der Waals surface area contributed by atoms with Crippen molar-refractivity contribution in [2.45, 2.75) is 39.5 Å². The number of nitrogens with one attached hydrogen (secondary N) is 2. The van der Waals surface area contributed by atoms with Crippen LogP contribution in [-0.2, 0) is 11.3 Å². The molecule has 8 heteroatoms. The second kappa shape index (κ2) is 10.5. The number of para-hydroxylation sites is 1. The number of carbonyl (C=O) groups excluding carboxylic acids is 1. The van der Waals surface area contributed by atoms with Crippen molar-refractivity contribution in [1.82, 2.24) is 15.5 Å². The second-order valence-corrected chi connectivity index (χ2v) is 5.75. The molecule has 0 saturated carbocycles. The lowest BCUT2D eigenvalue weighted by Crippen LogP contribution is -2.45. The lowest BCUT2D eigenvalue weighted by Gasteiger charge is -2.18. The zero-order valence-electron chi connectivity index (χ0n) is 15.1. The molecule has 0 bridgehead atoms. The first-order valence-electron chi connectivity index (χ1n) is 8.11. The maximum atomic E-state index is 12.5. The molecule has 25 heavy (non-hydrogen) atoms. The highest BCUT2D eigenvalue weighted by molar-refractivity contribution is 5.86. The van der Waals surface area contributed by atoms with E-state index in [1.54, 1.807) is 32.3 Å². The number of benzene rings is 1. The van der Waals surface area contributed by atoms with Crippen LogP contribution in [0.5, 0.6) is 5.75 Å². The lowest BCUT2D eigenvalue weighted by atomic mass is 10.2. The lowest BCUT2D eigenvalue weighted by molar-refractivity contribution is -0.127. The third-order valence-corrected chi connectivity index (χ3v) is 3.50. The molecule has 1 aromatic carbocycles. The van der Waals surface area contributed by atoms with Gasteiger partial charge in [-0.15, -0.1) is 0 Å². The van der Waals surface area contributed by atoms with Crippen LogP contribution in [0.4, 0.5) is 8.78 Å². The van der Waals surface area contributed by atoms with Crippen LogP contribution in [0, 0.1) is 0 Å². The fraction of sp³-hybridized carbons (Fsp3) is 0.529. The Morgan fingerprint density at radius 3 is 2.60 bits per heavy atom. The predicted octanol–water partition coefficient (Wildman–Crippen LogP) is 2.21. The van der Waals surface area contributed by atoms with E-state index >= 15 is 0 Å². The second-order valence-electron chi connectivity index (χ2n) is 5.75. The van der Waals surface area contributed by atoms with Crippen molar-refractivity contribution in [3.63, 3.8) is 0 Å². The highest BCUT2D eigenvalue weighted by Crippen LogP contribution is 2.20. The van der Waals surface area contributed by atoms with Gasteiger partial charge in [-0.2, -0.15) is 8.78 Å². The Morgan fingerprint density at radius 2 is 2.00 bits per heavy atom. The maximum absolute atomic E-state index is 12.5. The van der Waals surface area contributed by atoms with Gasteiger partial charge in [-0.25, -0.2) is 4.99 Å². The van der Waals surface area contributed by atoms with E-state index in [0.717, 1.165) is 6.42 Å². The summed E-state index contributed by atoms with van der Waals surface area (Å²) in [6.07, 6.45) is 0.868. The van der Waals surface area contributed by atoms with Crippen LogP contribution < -0.4 is 15.4 Å². The number of alkyl halides is 2. The average Bonchev–Trinajstić information content (AvgIpc) is 2.57. The van der Waals surface area contributed by atoms with Gasteiger partial charge >= 0.3 is 6.61 Å². The quantitative estimate of drug-likeness (QED) is 0.554. The molecule has 0 heterocycles. The van der Waals surface area contributed by atoms with E-state index in [2.05, 4.69) is 20.4 Å². The molecular formula is C17H26F2N4O2. The number of guanidine groups is 1. The Morgan fingerprint density at radius 1 is 1.32 bits per heavy atom. The first-order chi connectivity index (χ1) is 11.8. The summed E-state index contributed by atoms with van der Waals surface area (Å²) >= 11 is 0. The first-order valence-corrected chi connectivity index (χ1v) is 8.11. The molecule has 0 spiro atoms. The number of rotatable bonds is 8. The summed E-state index contributed by atoms with van der Waals surface area (Å²) in [5, 5.41) is 6.13. The molecule has 0 aromatic heterocycles. The molecule has 6 nitrogen and oxygen atoms in total. The largest absolute Gasteiger partial charge is 0.434 e. The van der Waals surface area contributed by atoms with Crippen LogP contribution in [0.2, 0.25) is 0 Å². The molecule has 0 aliphatic carbocycles. The number of ether oxygens (including phenoxy) is 1. The number of amides is 1. The van der Waals surface area contributed by atoms with Crippen molar-refractivity contribution in [3.8, 4) is 5.75 Å². The fourth-order valence-electron chi connectivity index (χ4n) is 1.82. The maximum Gasteiger partial charge on any atom is 0.387 e. The van der Waals surface area contributed by atoms with E-state index < -0.39 is 6.61 Å². The van der Waals surface area contributed by atoms with Gasteiger partial charge in [-0.05, 0) is 19.4 Å². The minimum Gasteiger partial charge on any atom is -0.434 e. The van der Waals surface area contributed by atoms with E-state index in [1.165, 1.54) is 11.0 Å². The van der Waals surface area contributed by atoms with Gasteiger partial charge in [0.1, 0.15) is 5.75 Å². The van der Waals surface area contributed by atoms with E-state index in [9.17, 15) is 13.6 Å². The van der Waals surface area contributed by atoms with Gasteiger partial charge in [-0.1, -0.05) is 25.1 Å². The molecule has 1 atom stereocenters. The number of halogens is 2. The molecule has 1 rings (SSSR count).